The molecule has 3 aliphatic rings. The third-order valence-electron chi connectivity index (χ3n) is 5.10. The first-order valence-corrected chi connectivity index (χ1v) is 9.44. The van der Waals surface area contributed by atoms with Crippen molar-refractivity contribution in [2.24, 2.45) is 5.92 Å². The number of likely N-dealkylation sites (tertiary alicyclic amines) is 1. The molecule has 22 heavy (non-hydrogen) atoms. The minimum absolute atomic E-state index is 0.0576. The van der Waals surface area contributed by atoms with E-state index in [1.165, 1.54) is 0 Å². The predicted octanol–water partition coefficient (Wildman–Crippen LogP) is 0.266. The molecule has 1 N–H and O–H groups in total. The second-order valence-corrected chi connectivity index (χ2v) is 8.66. The van der Waals surface area contributed by atoms with Gasteiger partial charge in [-0.2, -0.15) is 4.31 Å². The maximum Gasteiger partial charge on any atom is 0.322 e. The smallest absolute Gasteiger partial charge is 0.322 e. The Hall–Kier alpha value is -1.15. The SMILES string of the molecule is O=C(O)C1CCCN1S(=O)(=O)C1CN(C(=O)C2CCCC2)C1. The fraction of sp³-hybridized carbons (Fsp3) is 0.857. The fourth-order valence-corrected chi connectivity index (χ4v) is 5.77. The molecule has 1 atom stereocenters. The van der Waals surface area contributed by atoms with Crippen molar-refractivity contribution in [1.82, 2.24) is 9.21 Å². The molecule has 0 aromatic heterocycles. The molecule has 1 amide bonds. The Labute approximate surface area is 130 Å². The predicted molar refractivity (Wildman–Crippen MR) is 78.6 cm³/mol. The monoisotopic (exact) mass is 330 g/mol. The normalized spacial score (nSPS) is 28.0. The van der Waals surface area contributed by atoms with Gasteiger partial charge >= 0.3 is 5.97 Å². The summed E-state index contributed by atoms with van der Waals surface area (Å²) in [5.41, 5.74) is 0. The second kappa shape index (κ2) is 5.81. The van der Waals surface area contributed by atoms with E-state index in [9.17, 15) is 18.0 Å². The number of rotatable bonds is 4. The number of hydrogen-bond donors (Lipinski definition) is 1. The molecule has 0 spiro atoms. The Bertz CT molecular complexity index is 564. The number of hydrogen-bond acceptors (Lipinski definition) is 4. The van der Waals surface area contributed by atoms with Crippen LogP contribution < -0.4 is 0 Å². The number of amides is 1. The quantitative estimate of drug-likeness (QED) is 0.798. The van der Waals surface area contributed by atoms with Crippen LogP contribution in [0.5, 0.6) is 0 Å². The highest BCUT2D eigenvalue weighted by Crippen LogP contribution is 2.31. The van der Waals surface area contributed by atoms with Crippen molar-refractivity contribution < 1.29 is 23.1 Å². The molecule has 2 saturated heterocycles. The van der Waals surface area contributed by atoms with Gasteiger partial charge < -0.3 is 10.0 Å². The molecule has 1 unspecified atom stereocenters. The van der Waals surface area contributed by atoms with E-state index in [2.05, 4.69) is 0 Å². The third-order valence-corrected chi connectivity index (χ3v) is 7.33. The van der Waals surface area contributed by atoms with Crippen molar-refractivity contribution in [3.8, 4) is 0 Å². The lowest BCUT2D eigenvalue weighted by atomic mass is 10.0. The lowest BCUT2D eigenvalue weighted by Gasteiger charge is -2.41. The zero-order valence-electron chi connectivity index (χ0n) is 12.5. The molecule has 1 saturated carbocycles. The third kappa shape index (κ3) is 2.62. The Morgan fingerprint density at radius 2 is 1.64 bits per heavy atom. The Morgan fingerprint density at radius 1 is 1.00 bits per heavy atom. The Kier molecular flexibility index (Phi) is 4.15. The maximum atomic E-state index is 12.5. The van der Waals surface area contributed by atoms with E-state index in [-0.39, 0.29) is 31.5 Å². The minimum atomic E-state index is -3.63. The van der Waals surface area contributed by atoms with Crippen LogP contribution in [0.2, 0.25) is 0 Å². The van der Waals surface area contributed by atoms with Gasteiger partial charge in [-0.3, -0.25) is 9.59 Å². The van der Waals surface area contributed by atoms with Crippen molar-refractivity contribution in [1.29, 1.82) is 0 Å². The first-order valence-electron chi connectivity index (χ1n) is 7.93. The van der Waals surface area contributed by atoms with Crippen LogP contribution in [0.3, 0.4) is 0 Å². The standard InChI is InChI=1S/C14H22N2O5S/c17-13(10-4-1-2-5-10)15-8-11(9-15)22(20,21)16-7-3-6-12(16)14(18)19/h10-12H,1-9H2,(H,18,19). The van der Waals surface area contributed by atoms with Gasteiger partial charge in [0.25, 0.3) is 0 Å². The minimum Gasteiger partial charge on any atom is -0.480 e. The molecule has 0 radical (unpaired) electrons. The fourth-order valence-electron chi connectivity index (χ4n) is 3.72. The van der Waals surface area contributed by atoms with E-state index >= 15 is 0 Å². The van der Waals surface area contributed by atoms with E-state index < -0.39 is 27.3 Å². The lowest BCUT2D eigenvalue weighted by molar-refractivity contribution is -0.141. The molecular weight excluding hydrogens is 308 g/mol. The second-order valence-electron chi connectivity index (χ2n) is 6.50. The molecule has 0 aromatic rings. The number of aliphatic carboxylic acids is 1. The zero-order valence-corrected chi connectivity index (χ0v) is 13.3. The van der Waals surface area contributed by atoms with E-state index in [0.29, 0.717) is 12.8 Å². The van der Waals surface area contributed by atoms with Gasteiger partial charge in [0.05, 0.1) is 0 Å². The van der Waals surface area contributed by atoms with Gasteiger partial charge in [-0.15, -0.1) is 0 Å². The maximum absolute atomic E-state index is 12.5. The van der Waals surface area contributed by atoms with E-state index in [0.717, 1.165) is 30.0 Å². The van der Waals surface area contributed by atoms with Gasteiger partial charge in [0, 0.05) is 25.6 Å². The van der Waals surface area contributed by atoms with E-state index in [4.69, 9.17) is 5.11 Å². The first kappa shape index (κ1) is 15.7. The van der Waals surface area contributed by atoms with Gasteiger partial charge in [0.2, 0.25) is 15.9 Å². The average molecular weight is 330 g/mol. The van der Waals surface area contributed by atoms with Crippen LogP contribution in [0.1, 0.15) is 38.5 Å². The molecule has 3 fully saturated rings. The summed E-state index contributed by atoms with van der Waals surface area (Å²) in [5.74, 6) is -0.957. The summed E-state index contributed by atoms with van der Waals surface area (Å²) >= 11 is 0. The highest BCUT2D eigenvalue weighted by molar-refractivity contribution is 7.89. The summed E-state index contributed by atoms with van der Waals surface area (Å²) in [7, 11) is -3.63. The van der Waals surface area contributed by atoms with Crippen molar-refractivity contribution >= 4 is 21.9 Å². The van der Waals surface area contributed by atoms with Crippen LogP contribution in [0.15, 0.2) is 0 Å². The Balaban J connectivity index is 1.61. The van der Waals surface area contributed by atoms with Gasteiger partial charge in [-0.25, -0.2) is 8.42 Å². The van der Waals surface area contributed by atoms with Crippen LogP contribution in [-0.2, 0) is 19.6 Å². The van der Waals surface area contributed by atoms with Crippen molar-refractivity contribution in [3.05, 3.63) is 0 Å². The molecule has 0 aromatic carbocycles. The lowest BCUT2D eigenvalue weighted by Crippen LogP contribution is -2.61. The highest BCUT2D eigenvalue weighted by Gasteiger charge is 2.48. The van der Waals surface area contributed by atoms with Crippen LogP contribution in [0, 0.1) is 5.92 Å². The number of sulfonamides is 1. The molecule has 1 aliphatic carbocycles. The van der Waals surface area contributed by atoms with Crippen molar-refractivity contribution in [2.75, 3.05) is 19.6 Å². The molecule has 124 valence electrons. The highest BCUT2D eigenvalue weighted by atomic mass is 32.2. The summed E-state index contributed by atoms with van der Waals surface area (Å²) in [5, 5.41) is 8.49. The number of carboxylic acids is 1. The molecule has 3 rings (SSSR count). The summed E-state index contributed by atoms with van der Waals surface area (Å²) in [6, 6.07) is -0.940. The molecule has 8 heteroatoms. The molecular formula is C14H22N2O5S. The van der Waals surface area contributed by atoms with Crippen molar-refractivity contribution in [2.45, 2.75) is 49.8 Å². The zero-order chi connectivity index (χ0) is 15.9. The summed E-state index contributed by atoms with van der Waals surface area (Å²) in [4.78, 5) is 25.0. The number of carboxylic acid groups (broad SMARTS) is 1. The van der Waals surface area contributed by atoms with Crippen LogP contribution in [0.25, 0.3) is 0 Å². The summed E-state index contributed by atoms with van der Waals surface area (Å²) < 4.78 is 26.2. The molecule has 0 bridgehead atoms. The number of nitrogens with zero attached hydrogens (tertiary/aromatic N) is 2. The molecule has 2 heterocycles. The van der Waals surface area contributed by atoms with Crippen LogP contribution in [0.4, 0.5) is 0 Å². The summed E-state index contributed by atoms with van der Waals surface area (Å²) in [6.45, 7) is 0.688. The van der Waals surface area contributed by atoms with E-state index in [1.807, 2.05) is 0 Å². The van der Waals surface area contributed by atoms with Gasteiger partial charge in [0.15, 0.2) is 0 Å². The molecule has 2 aliphatic heterocycles. The molecule has 7 nitrogen and oxygen atoms in total. The van der Waals surface area contributed by atoms with Crippen LogP contribution >= 0.6 is 0 Å². The van der Waals surface area contributed by atoms with E-state index in [1.54, 1.807) is 4.90 Å². The summed E-state index contributed by atoms with van der Waals surface area (Å²) in [6.07, 6.45) is 4.89. The van der Waals surface area contributed by atoms with Gasteiger partial charge in [-0.05, 0) is 25.7 Å². The van der Waals surface area contributed by atoms with Gasteiger partial charge in [-0.1, -0.05) is 12.8 Å². The average Bonchev–Trinajstić information content (AvgIpc) is 3.08. The largest absolute Gasteiger partial charge is 0.480 e. The number of carbonyl (C=O) groups excluding carboxylic acids is 1. The van der Waals surface area contributed by atoms with Gasteiger partial charge in [0.1, 0.15) is 11.3 Å². The van der Waals surface area contributed by atoms with Crippen LogP contribution in [-0.4, -0.2) is 65.5 Å². The first-order chi connectivity index (χ1) is 10.4. The Morgan fingerprint density at radius 3 is 2.23 bits per heavy atom. The van der Waals surface area contributed by atoms with Crippen molar-refractivity contribution in [3.63, 3.8) is 0 Å². The number of carbonyl (C=O) groups is 2. The topological polar surface area (TPSA) is 95.0 Å².